The van der Waals surface area contributed by atoms with Crippen molar-refractivity contribution in [3.05, 3.63) is 0 Å². The Morgan fingerprint density at radius 2 is 1.17 bits per heavy atom. The molecule has 0 bridgehead atoms. The van der Waals surface area contributed by atoms with E-state index in [1.54, 1.807) is 41.5 Å². The second-order valence-electron chi connectivity index (χ2n) is 16.3. The van der Waals surface area contributed by atoms with Gasteiger partial charge in [-0.25, -0.2) is 0 Å². The molecule has 0 aromatic heterocycles. The number of guanidine groups is 1. The normalized spacial score (nSPS) is 16.7. The van der Waals surface area contributed by atoms with E-state index < -0.39 is 109 Å². The van der Waals surface area contributed by atoms with Crippen molar-refractivity contribution >= 4 is 59.2 Å². The van der Waals surface area contributed by atoms with Crippen molar-refractivity contribution in [2.24, 2.45) is 39.9 Å². The maximum Gasteiger partial charge on any atom is 0.325 e. The van der Waals surface area contributed by atoms with Crippen molar-refractivity contribution < 1.29 is 53.4 Å². The van der Waals surface area contributed by atoms with E-state index in [0.717, 1.165) is 0 Å². The average Bonchev–Trinajstić information content (AvgIpc) is 3.63. The smallest absolute Gasteiger partial charge is 0.325 e. The summed E-state index contributed by atoms with van der Waals surface area (Å²) in [5.74, 6) is -8.57. The first-order valence-corrected chi connectivity index (χ1v) is 20.3. The number of carboxylic acid groups (broad SMARTS) is 2. The molecule has 22 heteroatoms. The minimum absolute atomic E-state index is 0.0410. The van der Waals surface area contributed by atoms with Crippen LogP contribution in [0.1, 0.15) is 99.8 Å². The lowest BCUT2D eigenvalue weighted by Gasteiger charge is -2.28. The second-order valence-corrected chi connectivity index (χ2v) is 16.3. The number of amides is 7. The van der Waals surface area contributed by atoms with E-state index in [2.05, 4.69) is 36.9 Å². The van der Waals surface area contributed by atoms with Crippen molar-refractivity contribution in [2.45, 2.75) is 142 Å². The summed E-state index contributed by atoms with van der Waals surface area (Å²) < 4.78 is 0. The minimum atomic E-state index is -1.70. The van der Waals surface area contributed by atoms with E-state index in [4.69, 9.17) is 17.2 Å². The van der Waals surface area contributed by atoms with Crippen LogP contribution < -0.4 is 49.1 Å². The third kappa shape index (κ3) is 19.5. The highest BCUT2D eigenvalue weighted by atomic mass is 16.4. The molecule has 22 nitrogen and oxygen atoms in total. The monoisotopic (exact) mass is 854 g/mol. The zero-order chi connectivity index (χ0) is 45.9. The summed E-state index contributed by atoms with van der Waals surface area (Å²) in [5.41, 5.74) is 16.7. The number of carbonyl (C=O) groups excluding carboxylic acids is 7. The lowest BCUT2D eigenvalue weighted by Crippen LogP contribution is -2.59. The van der Waals surface area contributed by atoms with Crippen LogP contribution in [0.2, 0.25) is 0 Å². The van der Waals surface area contributed by atoms with Crippen molar-refractivity contribution in [3.63, 3.8) is 0 Å². The van der Waals surface area contributed by atoms with Gasteiger partial charge in [-0.15, -0.1) is 0 Å². The molecule has 60 heavy (non-hydrogen) atoms. The molecule has 7 amide bonds. The van der Waals surface area contributed by atoms with Gasteiger partial charge >= 0.3 is 11.9 Å². The number of nitrogens with one attached hydrogen (secondary N) is 6. The molecule has 0 aromatic rings. The van der Waals surface area contributed by atoms with Gasteiger partial charge in [0.1, 0.15) is 36.3 Å². The highest BCUT2D eigenvalue weighted by Crippen LogP contribution is 2.19. The van der Waals surface area contributed by atoms with E-state index >= 15 is 0 Å². The molecule has 1 rings (SSSR count). The van der Waals surface area contributed by atoms with Crippen LogP contribution in [0, 0.1) is 17.8 Å². The number of carbonyl (C=O) groups is 9. The fourth-order valence-electron chi connectivity index (χ4n) is 6.37. The first-order chi connectivity index (χ1) is 27.9. The van der Waals surface area contributed by atoms with Gasteiger partial charge in [0.2, 0.25) is 41.4 Å². The highest BCUT2D eigenvalue weighted by Gasteiger charge is 2.37. The Morgan fingerprint density at radius 3 is 1.63 bits per heavy atom. The molecule has 1 saturated heterocycles. The first kappa shape index (κ1) is 52.5. The van der Waals surface area contributed by atoms with Gasteiger partial charge < -0.3 is 64.2 Å². The van der Waals surface area contributed by atoms with Gasteiger partial charge in [0.05, 0.1) is 19.0 Å². The Bertz CT molecular complexity index is 1550. The third-order valence-electron chi connectivity index (χ3n) is 9.33. The molecule has 0 aromatic carbocycles. The van der Waals surface area contributed by atoms with Crippen LogP contribution in [0.4, 0.5) is 0 Å². The Balaban J connectivity index is 3.08. The largest absolute Gasteiger partial charge is 0.481 e. The van der Waals surface area contributed by atoms with Gasteiger partial charge in [-0.1, -0.05) is 41.5 Å². The SMILES string of the molecule is CC(C)C[C@H](NC(=O)CNC(=O)[C@@H]1CCCN1C(=O)[C@@H](N)CCCN=C(N)N)C(=O)N[C@@H](CC(C)C)C(=O)N[C@@H](CC(=O)O)C(=O)N[C@@H](CC(C)C)C(=O)N[C@@H](C)C(=O)O. The van der Waals surface area contributed by atoms with Gasteiger partial charge in [0.15, 0.2) is 5.96 Å². The Labute approximate surface area is 350 Å². The first-order valence-electron chi connectivity index (χ1n) is 20.3. The third-order valence-corrected chi connectivity index (χ3v) is 9.33. The van der Waals surface area contributed by atoms with Crippen LogP contribution in [0.3, 0.4) is 0 Å². The Hall–Kier alpha value is -5.54. The van der Waals surface area contributed by atoms with Crippen LogP contribution in [-0.4, -0.2) is 136 Å². The van der Waals surface area contributed by atoms with Crippen molar-refractivity contribution in [2.75, 3.05) is 19.6 Å². The summed E-state index contributed by atoms with van der Waals surface area (Å²) in [5, 5.41) is 33.6. The molecule has 7 atom stereocenters. The lowest BCUT2D eigenvalue weighted by atomic mass is 9.99. The number of carboxylic acids is 2. The molecular weight excluding hydrogens is 786 g/mol. The van der Waals surface area contributed by atoms with E-state index in [-0.39, 0.29) is 55.9 Å². The summed E-state index contributed by atoms with van der Waals surface area (Å²) in [6.45, 7) is 11.9. The standard InChI is InChI=1S/C38H67N11O11/c1-19(2)14-24(45-29(50)18-43-35(57)28-11-9-13-49(28)36(58)23(39)10-8-12-42-38(40)41)32(54)47-26(16-21(5)6)33(55)48-27(17-30(51)52)34(56)46-25(15-20(3)4)31(53)44-22(7)37(59)60/h19-28H,8-18,39H2,1-7H3,(H,43,57)(H,44,53)(H,45,50)(H,46,56)(H,47,54)(H,48,55)(H,51,52)(H,59,60)(H4,40,41,42)/t22-,23-,24-,25-,26-,27-,28-/m0/s1. The number of likely N-dealkylation sites (tertiary alicyclic amines) is 1. The predicted molar refractivity (Wildman–Crippen MR) is 219 cm³/mol. The second kappa shape index (κ2) is 25.8. The maximum atomic E-state index is 13.7. The number of rotatable bonds is 26. The molecule has 0 saturated carbocycles. The van der Waals surface area contributed by atoms with Crippen molar-refractivity contribution in [3.8, 4) is 0 Å². The van der Waals surface area contributed by atoms with Crippen LogP contribution in [0.25, 0.3) is 0 Å². The topological polar surface area (TPSA) is 360 Å². The number of nitrogens with zero attached hydrogens (tertiary/aromatic N) is 2. The van der Waals surface area contributed by atoms with Crippen LogP contribution in [0.15, 0.2) is 4.99 Å². The Morgan fingerprint density at radius 1 is 0.700 bits per heavy atom. The fourth-order valence-corrected chi connectivity index (χ4v) is 6.37. The molecule has 1 aliphatic heterocycles. The number of nitrogens with two attached hydrogens (primary N) is 3. The van der Waals surface area contributed by atoms with E-state index in [1.807, 2.05) is 0 Å². The molecule has 0 spiro atoms. The van der Waals surface area contributed by atoms with E-state index in [9.17, 15) is 53.4 Å². The van der Waals surface area contributed by atoms with Crippen LogP contribution in [0.5, 0.6) is 0 Å². The molecule has 0 aliphatic carbocycles. The summed E-state index contributed by atoms with van der Waals surface area (Å²) >= 11 is 0. The van der Waals surface area contributed by atoms with Crippen LogP contribution in [-0.2, 0) is 43.2 Å². The van der Waals surface area contributed by atoms with Crippen molar-refractivity contribution in [1.82, 2.24) is 36.8 Å². The summed E-state index contributed by atoms with van der Waals surface area (Å²) in [6.07, 6.45) is 0.973. The summed E-state index contributed by atoms with van der Waals surface area (Å²) in [7, 11) is 0. The van der Waals surface area contributed by atoms with Gasteiger partial charge in [-0.05, 0) is 69.6 Å². The summed E-state index contributed by atoms with van der Waals surface area (Å²) in [4.78, 5) is 121. The molecule has 1 heterocycles. The van der Waals surface area contributed by atoms with Crippen molar-refractivity contribution in [1.29, 1.82) is 0 Å². The zero-order valence-electron chi connectivity index (χ0n) is 35.7. The zero-order valence-corrected chi connectivity index (χ0v) is 35.7. The minimum Gasteiger partial charge on any atom is -0.481 e. The molecule has 1 aliphatic rings. The van der Waals surface area contributed by atoms with Crippen LogP contribution >= 0.6 is 0 Å². The number of hydrogen-bond donors (Lipinski definition) is 11. The highest BCUT2D eigenvalue weighted by molar-refractivity contribution is 5.98. The lowest BCUT2D eigenvalue weighted by molar-refractivity contribution is -0.143. The number of hydrogen-bond acceptors (Lipinski definition) is 11. The average molecular weight is 854 g/mol. The quantitative estimate of drug-likeness (QED) is 0.0246. The summed E-state index contributed by atoms with van der Waals surface area (Å²) in [6, 6.07) is -8.47. The number of aliphatic carboxylic acids is 2. The predicted octanol–water partition coefficient (Wildman–Crippen LogP) is -2.38. The molecular formula is C38H67N11O11. The van der Waals surface area contributed by atoms with Gasteiger partial charge in [0, 0.05) is 13.1 Å². The fraction of sp³-hybridized carbons (Fsp3) is 0.737. The number of aliphatic imine (C=N–C) groups is 1. The van der Waals surface area contributed by atoms with E-state index in [0.29, 0.717) is 25.8 Å². The maximum absolute atomic E-state index is 13.7. The molecule has 1 fully saturated rings. The molecule has 340 valence electrons. The van der Waals surface area contributed by atoms with Gasteiger partial charge in [-0.2, -0.15) is 0 Å². The van der Waals surface area contributed by atoms with Gasteiger partial charge in [-0.3, -0.25) is 48.1 Å². The van der Waals surface area contributed by atoms with E-state index in [1.165, 1.54) is 11.8 Å². The van der Waals surface area contributed by atoms with Gasteiger partial charge in [0.25, 0.3) is 0 Å². The Kier molecular flexibility index (Phi) is 22.6. The molecule has 0 unspecified atom stereocenters. The molecule has 0 radical (unpaired) electrons. The molecule has 14 N–H and O–H groups in total.